The van der Waals surface area contributed by atoms with Gasteiger partial charge in [0.2, 0.25) is 0 Å². The highest BCUT2D eigenvalue weighted by Gasteiger charge is 2.17. The van der Waals surface area contributed by atoms with Crippen LogP contribution in [0.5, 0.6) is 5.75 Å². The largest absolute Gasteiger partial charge is 0.493 e. The summed E-state index contributed by atoms with van der Waals surface area (Å²) >= 11 is 0. The number of ether oxygens (including phenoxy) is 1. The normalized spacial score (nSPS) is 12.8. The van der Waals surface area contributed by atoms with Crippen molar-refractivity contribution in [2.24, 2.45) is 0 Å². The molecular formula is C16H27NO2. The Morgan fingerprint density at radius 3 is 2.42 bits per heavy atom. The molecule has 108 valence electrons. The maximum atomic E-state index is 9.23. The van der Waals surface area contributed by atoms with Crippen LogP contribution in [0, 0.1) is 13.8 Å². The summed E-state index contributed by atoms with van der Waals surface area (Å²) in [6, 6.07) is 4.57. The van der Waals surface area contributed by atoms with Gasteiger partial charge in [0.25, 0.3) is 0 Å². The molecule has 0 spiro atoms. The first-order chi connectivity index (χ1) is 9.01. The van der Waals surface area contributed by atoms with Gasteiger partial charge in [0, 0.05) is 12.6 Å². The summed E-state index contributed by atoms with van der Waals surface area (Å²) in [5.74, 6) is 0.976. The van der Waals surface area contributed by atoms with E-state index in [4.69, 9.17) is 4.74 Å². The molecule has 3 nitrogen and oxygen atoms in total. The first-order valence-corrected chi connectivity index (χ1v) is 7.02. The lowest BCUT2D eigenvalue weighted by molar-refractivity contribution is 0.210. The van der Waals surface area contributed by atoms with E-state index in [1.54, 1.807) is 0 Å². The highest BCUT2D eigenvalue weighted by atomic mass is 16.5. The fraction of sp³-hybridized carbons (Fsp3) is 0.625. The van der Waals surface area contributed by atoms with Crippen molar-refractivity contribution in [1.82, 2.24) is 4.90 Å². The summed E-state index contributed by atoms with van der Waals surface area (Å²) in [5, 5.41) is 9.23. The van der Waals surface area contributed by atoms with Gasteiger partial charge in [-0.2, -0.15) is 0 Å². The van der Waals surface area contributed by atoms with Crippen LogP contribution in [0.1, 0.15) is 42.5 Å². The second-order valence-corrected chi connectivity index (χ2v) is 5.31. The molecule has 0 aliphatic rings. The van der Waals surface area contributed by atoms with Crippen LogP contribution in [0.2, 0.25) is 0 Å². The number of hydrogen-bond donors (Lipinski definition) is 1. The molecule has 1 rings (SSSR count). The summed E-state index contributed by atoms with van der Waals surface area (Å²) in [4.78, 5) is 2.16. The van der Waals surface area contributed by atoms with Crippen LogP contribution in [-0.2, 0) is 0 Å². The Balaban J connectivity index is 3.05. The van der Waals surface area contributed by atoms with Gasteiger partial charge in [0.05, 0.1) is 6.61 Å². The summed E-state index contributed by atoms with van der Waals surface area (Å²) in [6.07, 6.45) is 1.77. The van der Waals surface area contributed by atoms with Gasteiger partial charge in [-0.15, -0.1) is 0 Å². The van der Waals surface area contributed by atoms with Crippen molar-refractivity contribution < 1.29 is 9.84 Å². The zero-order valence-electron chi connectivity index (χ0n) is 12.9. The zero-order valence-corrected chi connectivity index (χ0v) is 12.9. The lowest BCUT2D eigenvalue weighted by atomic mass is 9.95. The topological polar surface area (TPSA) is 32.7 Å². The predicted octanol–water partition coefficient (Wildman–Crippen LogP) is 3.08. The number of benzene rings is 1. The molecule has 1 aromatic carbocycles. The highest BCUT2D eigenvalue weighted by molar-refractivity contribution is 5.43. The number of aliphatic hydroxyl groups is 1. The Morgan fingerprint density at radius 2 is 1.89 bits per heavy atom. The number of nitrogens with zero attached hydrogens (tertiary/aromatic N) is 1. The molecule has 0 aliphatic carbocycles. The second-order valence-electron chi connectivity index (χ2n) is 5.31. The average molecular weight is 265 g/mol. The molecule has 0 saturated carbocycles. The maximum Gasteiger partial charge on any atom is 0.122 e. The van der Waals surface area contributed by atoms with E-state index in [1.807, 2.05) is 0 Å². The SMILES string of the molecule is CCCOc1cc(C)c(C(CCO)N(C)C)cc1C. The van der Waals surface area contributed by atoms with Crippen LogP contribution in [0.4, 0.5) is 0 Å². The third-order valence-corrected chi connectivity index (χ3v) is 3.41. The molecule has 0 fully saturated rings. The van der Waals surface area contributed by atoms with Crippen molar-refractivity contribution in [3.8, 4) is 5.75 Å². The van der Waals surface area contributed by atoms with Gasteiger partial charge in [-0.3, -0.25) is 0 Å². The number of rotatable bonds is 7. The van der Waals surface area contributed by atoms with E-state index in [2.05, 4.69) is 51.9 Å². The van der Waals surface area contributed by atoms with Crippen LogP contribution in [-0.4, -0.2) is 37.3 Å². The molecule has 3 heteroatoms. The summed E-state index contributed by atoms with van der Waals surface area (Å²) in [6.45, 7) is 7.27. The van der Waals surface area contributed by atoms with E-state index < -0.39 is 0 Å². The monoisotopic (exact) mass is 265 g/mol. The van der Waals surface area contributed by atoms with Crippen molar-refractivity contribution in [2.75, 3.05) is 27.3 Å². The molecule has 0 heterocycles. The van der Waals surface area contributed by atoms with E-state index in [1.165, 1.54) is 16.7 Å². The van der Waals surface area contributed by atoms with Gasteiger partial charge in [0.15, 0.2) is 0 Å². The van der Waals surface area contributed by atoms with Gasteiger partial charge >= 0.3 is 0 Å². The van der Waals surface area contributed by atoms with Gasteiger partial charge < -0.3 is 14.7 Å². The van der Waals surface area contributed by atoms with Crippen LogP contribution in [0.15, 0.2) is 12.1 Å². The Kier molecular flexibility index (Phi) is 6.32. The molecule has 1 aromatic rings. The van der Waals surface area contributed by atoms with Gasteiger partial charge in [-0.25, -0.2) is 0 Å². The van der Waals surface area contributed by atoms with Crippen molar-refractivity contribution >= 4 is 0 Å². The van der Waals surface area contributed by atoms with E-state index >= 15 is 0 Å². The Labute approximate surface area is 117 Å². The molecule has 0 saturated heterocycles. The number of aliphatic hydroxyl groups excluding tert-OH is 1. The lowest BCUT2D eigenvalue weighted by Gasteiger charge is -2.26. The minimum atomic E-state index is 0.204. The minimum absolute atomic E-state index is 0.204. The number of aryl methyl sites for hydroxylation is 2. The molecule has 1 atom stereocenters. The molecule has 1 unspecified atom stereocenters. The summed E-state index contributed by atoms with van der Waals surface area (Å²) in [5.41, 5.74) is 3.67. The molecule has 0 aliphatic heterocycles. The van der Waals surface area contributed by atoms with E-state index in [-0.39, 0.29) is 12.6 Å². The van der Waals surface area contributed by atoms with Crippen molar-refractivity contribution in [1.29, 1.82) is 0 Å². The number of hydrogen-bond acceptors (Lipinski definition) is 3. The zero-order chi connectivity index (χ0) is 14.4. The highest BCUT2D eigenvalue weighted by Crippen LogP contribution is 2.30. The van der Waals surface area contributed by atoms with E-state index in [9.17, 15) is 5.11 Å². The van der Waals surface area contributed by atoms with Crippen LogP contribution in [0.25, 0.3) is 0 Å². The van der Waals surface area contributed by atoms with Gasteiger partial charge in [0.1, 0.15) is 5.75 Å². The fourth-order valence-electron chi connectivity index (χ4n) is 2.35. The molecular weight excluding hydrogens is 238 g/mol. The fourth-order valence-corrected chi connectivity index (χ4v) is 2.35. The molecule has 19 heavy (non-hydrogen) atoms. The smallest absolute Gasteiger partial charge is 0.122 e. The first kappa shape index (κ1) is 16.0. The van der Waals surface area contributed by atoms with Gasteiger partial charge in [-0.1, -0.05) is 13.0 Å². The van der Waals surface area contributed by atoms with Crippen LogP contribution < -0.4 is 4.74 Å². The Bertz CT molecular complexity index is 402. The Morgan fingerprint density at radius 1 is 1.21 bits per heavy atom. The van der Waals surface area contributed by atoms with Crippen LogP contribution >= 0.6 is 0 Å². The molecule has 0 bridgehead atoms. The average Bonchev–Trinajstić information content (AvgIpc) is 2.36. The molecule has 0 radical (unpaired) electrons. The maximum absolute atomic E-state index is 9.23. The minimum Gasteiger partial charge on any atom is -0.493 e. The Hall–Kier alpha value is -1.06. The second kappa shape index (κ2) is 7.51. The summed E-state index contributed by atoms with van der Waals surface area (Å²) in [7, 11) is 4.10. The van der Waals surface area contributed by atoms with E-state index in [0.717, 1.165) is 25.2 Å². The molecule has 0 aromatic heterocycles. The third kappa shape index (κ3) is 4.22. The van der Waals surface area contributed by atoms with Crippen LogP contribution in [0.3, 0.4) is 0 Å². The first-order valence-electron chi connectivity index (χ1n) is 7.02. The van der Waals surface area contributed by atoms with Gasteiger partial charge in [-0.05, 0) is 63.5 Å². The van der Waals surface area contributed by atoms with Crippen molar-refractivity contribution in [3.63, 3.8) is 0 Å². The molecule has 0 amide bonds. The van der Waals surface area contributed by atoms with Crippen molar-refractivity contribution in [2.45, 2.75) is 39.7 Å². The standard InChI is InChI=1S/C16H27NO2/c1-6-9-19-16-11-12(2)14(10-13(16)3)15(7-8-18)17(4)5/h10-11,15,18H,6-9H2,1-5H3. The molecule has 1 N–H and O–H groups in total. The van der Waals surface area contributed by atoms with E-state index in [0.29, 0.717) is 0 Å². The quantitative estimate of drug-likeness (QED) is 0.822. The lowest BCUT2D eigenvalue weighted by Crippen LogP contribution is -2.22. The third-order valence-electron chi connectivity index (χ3n) is 3.41. The summed E-state index contributed by atoms with van der Waals surface area (Å²) < 4.78 is 5.76. The predicted molar refractivity (Wildman–Crippen MR) is 79.8 cm³/mol. The van der Waals surface area contributed by atoms with Crippen molar-refractivity contribution in [3.05, 3.63) is 28.8 Å².